The van der Waals surface area contributed by atoms with E-state index in [1.54, 1.807) is 30.2 Å². The number of rotatable bonds is 7. The maximum atomic E-state index is 14.0. The third-order valence-electron chi connectivity index (χ3n) is 9.77. The molecule has 17 heteroatoms. The first-order chi connectivity index (χ1) is 26.7. The molecule has 1 aliphatic rings. The van der Waals surface area contributed by atoms with Crippen molar-refractivity contribution in [1.29, 1.82) is 0 Å². The monoisotopic (exact) mass is 788 g/mol. The number of nitrogens with zero attached hydrogens (tertiary/aromatic N) is 6. The number of benzene rings is 1. The highest BCUT2D eigenvalue weighted by atomic mass is 32.1. The van der Waals surface area contributed by atoms with Gasteiger partial charge in [-0.1, -0.05) is 39.0 Å². The predicted molar refractivity (Wildman–Crippen MR) is 212 cm³/mol. The van der Waals surface area contributed by atoms with E-state index in [1.807, 2.05) is 45.0 Å². The Morgan fingerprint density at radius 3 is 2.41 bits per heavy atom. The maximum Gasteiger partial charge on any atom is 0.271 e. The van der Waals surface area contributed by atoms with Gasteiger partial charge in [0.1, 0.15) is 22.8 Å². The maximum absolute atomic E-state index is 14.0. The molecule has 4 aromatic rings. The second-order valence-electron chi connectivity index (χ2n) is 14.7. The van der Waals surface area contributed by atoms with Gasteiger partial charge in [-0.3, -0.25) is 33.4 Å². The molecule has 56 heavy (non-hydrogen) atoms. The molecule has 300 valence electrons. The van der Waals surface area contributed by atoms with Crippen molar-refractivity contribution in [3.05, 3.63) is 69.6 Å². The van der Waals surface area contributed by atoms with Gasteiger partial charge in [0.25, 0.3) is 11.8 Å². The van der Waals surface area contributed by atoms with Gasteiger partial charge in [-0.15, -0.1) is 11.3 Å². The fraction of sp³-hybridized carbons (Fsp3) is 0.487. The van der Waals surface area contributed by atoms with Crippen LogP contribution in [0.4, 0.5) is 0 Å². The Morgan fingerprint density at radius 2 is 1.68 bits per heavy atom. The molecule has 4 heterocycles. The molecule has 0 radical (unpaired) electrons. The summed E-state index contributed by atoms with van der Waals surface area (Å²) in [6.07, 6.45) is 4.72. The van der Waals surface area contributed by atoms with Gasteiger partial charge in [-0.2, -0.15) is 5.10 Å². The minimum absolute atomic E-state index is 0.0129. The van der Waals surface area contributed by atoms with E-state index in [9.17, 15) is 28.8 Å². The Hall–Kier alpha value is -5.58. The van der Waals surface area contributed by atoms with Crippen molar-refractivity contribution in [2.24, 2.45) is 5.92 Å². The van der Waals surface area contributed by atoms with E-state index < -0.39 is 53.6 Å². The van der Waals surface area contributed by atoms with E-state index in [0.29, 0.717) is 29.2 Å². The van der Waals surface area contributed by atoms with E-state index in [-0.39, 0.29) is 44.2 Å². The summed E-state index contributed by atoms with van der Waals surface area (Å²) in [4.78, 5) is 94.0. The number of aryl methyl sites for hydroxylation is 1. The molecule has 0 spiro atoms. The van der Waals surface area contributed by atoms with Crippen LogP contribution in [0.2, 0.25) is 0 Å². The molecule has 0 fully saturated rings. The Morgan fingerprint density at radius 1 is 0.946 bits per heavy atom. The number of aromatic amines is 1. The van der Waals surface area contributed by atoms with Gasteiger partial charge >= 0.3 is 0 Å². The van der Waals surface area contributed by atoms with Gasteiger partial charge in [0.05, 0.1) is 30.9 Å². The molecule has 1 aromatic carbocycles. The minimum atomic E-state index is -1.07. The lowest BCUT2D eigenvalue weighted by Gasteiger charge is -2.28. The number of carbonyl (C=O) groups is 6. The number of carbonyl (C=O) groups excluding carboxylic acids is 6. The topological polar surface area (TPSA) is 195 Å². The largest absolute Gasteiger partial charge is 0.361 e. The number of nitrogens with one attached hydrogen (secondary N) is 4. The molecule has 6 amide bonds. The predicted octanol–water partition coefficient (Wildman–Crippen LogP) is 2.66. The van der Waals surface area contributed by atoms with Crippen molar-refractivity contribution < 1.29 is 28.8 Å². The number of likely N-dealkylation sites (N-methyl/N-ethyl adjacent to an activating group) is 2. The average Bonchev–Trinajstić information content (AvgIpc) is 3.90. The van der Waals surface area contributed by atoms with Crippen molar-refractivity contribution in [2.75, 3.05) is 40.3 Å². The van der Waals surface area contributed by atoms with Crippen molar-refractivity contribution in [2.45, 2.75) is 78.6 Å². The van der Waals surface area contributed by atoms with Crippen molar-refractivity contribution in [3.63, 3.8) is 0 Å². The van der Waals surface area contributed by atoms with Crippen molar-refractivity contribution in [3.8, 4) is 0 Å². The molecule has 1 aliphatic heterocycles. The molecule has 2 bridgehead atoms. The summed E-state index contributed by atoms with van der Waals surface area (Å²) in [6, 6.07) is 4.99. The quantitative estimate of drug-likeness (QED) is 0.220. The molecule has 16 nitrogen and oxygen atoms in total. The lowest BCUT2D eigenvalue weighted by atomic mass is 10.0. The zero-order valence-electron chi connectivity index (χ0n) is 33.0. The molecule has 5 rings (SSSR count). The number of amides is 6. The summed E-state index contributed by atoms with van der Waals surface area (Å²) >= 11 is 1.21. The lowest BCUT2D eigenvalue weighted by Crippen LogP contribution is -2.53. The summed E-state index contributed by atoms with van der Waals surface area (Å²) in [5, 5.41) is 15.9. The third kappa shape index (κ3) is 9.99. The number of hydrogen-bond acceptors (Lipinski definition) is 9. The lowest BCUT2D eigenvalue weighted by molar-refractivity contribution is -0.138. The van der Waals surface area contributed by atoms with Crippen LogP contribution in [-0.4, -0.2) is 122 Å². The van der Waals surface area contributed by atoms with E-state index in [0.717, 1.165) is 22.9 Å². The first-order valence-corrected chi connectivity index (χ1v) is 19.8. The van der Waals surface area contributed by atoms with Gasteiger partial charge in [-0.05, 0) is 44.2 Å². The smallest absolute Gasteiger partial charge is 0.271 e. The number of H-pyrrole nitrogens is 1. The molecular weight excluding hydrogens is 737 g/mol. The van der Waals surface area contributed by atoms with Gasteiger partial charge in [-0.25, -0.2) is 4.98 Å². The van der Waals surface area contributed by atoms with E-state index in [2.05, 4.69) is 31.0 Å². The summed E-state index contributed by atoms with van der Waals surface area (Å²) < 4.78 is 1.74. The number of thiazole rings is 1. The number of fused-ring (bicyclic) bond motifs is 3. The fourth-order valence-corrected chi connectivity index (χ4v) is 7.61. The highest BCUT2D eigenvalue weighted by Gasteiger charge is 2.31. The van der Waals surface area contributed by atoms with Crippen LogP contribution in [0, 0.1) is 12.8 Å². The number of para-hydroxylation sites is 1. The van der Waals surface area contributed by atoms with Crippen LogP contribution < -0.4 is 16.0 Å². The SMILES string of the molecule is CCCn1ncc(C(=O)N2CCN(C)C(=O)[C@H](C)NC(=O)CN(C)C(=O)[C@@H](Cc3c[nH]c4ccccc34)NC(=O)c3csc(n3)[C@H](CC(C)C)NC(=O)C2)c1C. The molecule has 3 aromatic heterocycles. The molecule has 0 unspecified atom stereocenters. The molecule has 0 aliphatic carbocycles. The average molecular weight is 789 g/mol. The van der Waals surface area contributed by atoms with Crippen LogP contribution in [0.5, 0.6) is 0 Å². The third-order valence-corrected chi connectivity index (χ3v) is 10.7. The Balaban J connectivity index is 1.47. The summed E-state index contributed by atoms with van der Waals surface area (Å²) in [5.74, 6) is -2.84. The van der Waals surface area contributed by atoms with Crippen molar-refractivity contribution >= 4 is 57.7 Å². The van der Waals surface area contributed by atoms with Gasteiger partial charge in [0.2, 0.25) is 23.6 Å². The van der Waals surface area contributed by atoms with Crippen molar-refractivity contribution in [1.82, 2.24) is 50.4 Å². The van der Waals surface area contributed by atoms with Crippen LogP contribution in [0.3, 0.4) is 0 Å². The molecular formula is C39H52N10O6S. The van der Waals surface area contributed by atoms with E-state index in [4.69, 9.17) is 0 Å². The molecule has 0 saturated heterocycles. The Kier molecular flexibility index (Phi) is 13.6. The van der Waals surface area contributed by atoms with Crippen LogP contribution >= 0.6 is 11.3 Å². The molecule has 0 saturated carbocycles. The van der Waals surface area contributed by atoms with E-state index in [1.165, 1.54) is 46.2 Å². The fourth-order valence-electron chi connectivity index (χ4n) is 6.75. The molecule has 4 N–H and O–H groups in total. The van der Waals surface area contributed by atoms with Crippen LogP contribution in [-0.2, 0) is 32.1 Å². The van der Waals surface area contributed by atoms with E-state index >= 15 is 0 Å². The standard InChI is InChI=1S/C39H52N10O6S/c1-8-13-49-25(5)28(19-41-49)38(54)48-15-14-46(6)37(53)24(4)42-33(50)20-47(7)39(55)31(17-26-18-40-29-12-10-9-11-27(26)29)44-35(52)32-22-56-36(45-32)30(16-23(2)3)43-34(51)21-48/h9-12,18-19,22-24,30-31,40H,8,13-17,20-21H2,1-7H3,(H,42,50)(H,43,51)(H,44,52)/t24-,30-,31+/m0/s1. The second kappa shape index (κ2) is 18.4. The van der Waals surface area contributed by atoms with Gasteiger partial charge < -0.3 is 35.6 Å². The van der Waals surface area contributed by atoms with Crippen LogP contribution in [0.25, 0.3) is 10.9 Å². The van der Waals surface area contributed by atoms with Crippen LogP contribution in [0.1, 0.15) is 83.7 Å². The zero-order chi connectivity index (χ0) is 40.7. The first-order valence-electron chi connectivity index (χ1n) is 18.9. The molecule has 3 atom stereocenters. The zero-order valence-corrected chi connectivity index (χ0v) is 33.9. The number of aromatic nitrogens is 4. The minimum Gasteiger partial charge on any atom is -0.361 e. The second-order valence-corrected chi connectivity index (χ2v) is 15.6. The summed E-state index contributed by atoms with van der Waals surface area (Å²) in [5.41, 5.74) is 2.75. The highest BCUT2D eigenvalue weighted by Crippen LogP contribution is 2.26. The first kappa shape index (κ1) is 41.6. The highest BCUT2D eigenvalue weighted by molar-refractivity contribution is 7.09. The van der Waals surface area contributed by atoms with Crippen LogP contribution in [0.15, 0.2) is 42.0 Å². The normalized spacial score (nSPS) is 19.9. The number of hydrogen-bond donors (Lipinski definition) is 4. The van der Waals surface area contributed by atoms with Gasteiger partial charge in [0.15, 0.2) is 0 Å². The Labute approximate surface area is 330 Å². The summed E-state index contributed by atoms with van der Waals surface area (Å²) in [7, 11) is 3.02. The van der Waals surface area contributed by atoms with Gasteiger partial charge in [0, 0.05) is 68.3 Å². The Bertz CT molecular complexity index is 2070. The summed E-state index contributed by atoms with van der Waals surface area (Å²) in [6.45, 7) is 9.36.